The Morgan fingerprint density at radius 3 is 2.54 bits per heavy atom. The average Bonchev–Trinajstić information content (AvgIpc) is 2.67. The topological polar surface area (TPSA) is 67.9 Å². The van der Waals surface area contributed by atoms with Crippen LogP contribution in [0.1, 0.15) is 0 Å². The van der Waals surface area contributed by atoms with Gasteiger partial charge in [0.25, 0.3) is 0 Å². The van der Waals surface area contributed by atoms with Crippen LogP contribution in [0.2, 0.25) is 0 Å². The van der Waals surface area contributed by atoms with E-state index in [4.69, 9.17) is 5.73 Å². The van der Waals surface area contributed by atoms with Crippen molar-refractivity contribution in [1.29, 1.82) is 0 Å². The first-order valence-electron chi connectivity index (χ1n) is 8.58. The molecule has 0 amide bonds. The normalized spacial score (nSPS) is 11.0. The van der Waals surface area contributed by atoms with Crippen molar-refractivity contribution < 1.29 is 4.39 Å². The van der Waals surface area contributed by atoms with Gasteiger partial charge >= 0.3 is 0 Å². The maximum absolute atomic E-state index is 14.5. The maximum atomic E-state index is 14.5. The zero-order valence-electron chi connectivity index (χ0n) is 15.3. The minimum absolute atomic E-state index is 0.310. The lowest BCUT2D eigenvalue weighted by molar-refractivity contribution is 0.626. The highest BCUT2D eigenvalue weighted by atomic mass is 79.9. The van der Waals surface area contributed by atoms with Crippen LogP contribution in [-0.4, -0.2) is 29.0 Å². The third-order valence-electron chi connectivity index (χ3n) is 4.49. The molecule has 4 rings (SSSR count). The van der Waals surface area contributed by atoms with Gasteiger partial charge in [-0.05, 0) is 41.5 Å². The van der Waals surface area contributed by atoms with Crippen molar-refractivity contribution in [3.05, 3.63) is 65.1 Å². The molecule has 28 heavy (non-hydrogen) atoms. The van der Waals surface area contributed by atoms with Crippen molar-refractivity contribution in [3.8, 4) is 22.4 Å². The van der Waals surface area contributed by atoms with Crippen LogP contribution in [0.4, 0.5) is 15.9 Å². The summed E-state index contributed by atoms with van der Waals surface area (Å²) in [7, 11) is 3.61. The molecule has 0 radical (unpaired) electrons. The van der Waals surface area contributed by atoms with E-state index in [-0.39, 0.29) is 5.82 Å². The summed E-state index contributed by atoms with van der Waals surface area (Å²) in [4.78, 5) is 14.7. The average molecular weight is 438 g/mol. The molecule has 140 valence electrons. The zero-order chi connectivity index (χ0) is 19.8. The number of rotatable bonds is 3. The van der Waals surface area contributed by atoms with Crippen molar-refractivity contribution in [3.63, 3.8) is 0 Å². The Kier molecular flexibility index (Phi) is 4.68. The molecule has 4 aromatic rings. The van der Waals surface area contributed by atoms with Gasteiger partial charge in [0.2, 0.25) is 0 Å². The van der Waals surface area contributed by atoms with E-state index in [2.05, 4.69) is 30.9 Å². The van der Waals surface area contributed by atoms with E-state index in [1.807, 2.05) is 36.4 Å². The monoisotopic (exact) mass is 437 g/mol. The van der Waals surface area contributed by atoms with E-state index >= 15 is 0 Å². The summed E-state index contributed by atoms with van der Waals surface area (Å²) >= 11 is 3.50. The van der Waals surface area contributed by atoms with Crippen LogP contribution in [-0.2, 0) is 0 Å². The SMILES string of the molecule is CN(C)c1ccc(-c2cc(-c3cccc(Br)c3)c3c(N)ncnc3n2)cc1F. The first-order chi connectivity index (χ1) is 13.4. The number of aromatic nitrogens is 3. The smallest absolute Gasteiger partial charge is 0.165 e. The summed E-state index contributed by atoms with van der Waals surface area (Å²) < 4.78 is 15.5. The molecule has 0 aliphatic heterocycles. The number of hydrogen-bond acceptors (Lipinski definition) is 5. The quantitative estimate of drug-likeness (QED) is 0.493. The summed E-state index contributed by atoms with van der Waals surface area (Å²) in [5.41, 5.74) is 10.2. The second kappa shape index (κ2) is 7.16. The van der Waals surface area contributed by atoms with Crippen LogP contribution >= 0.6 is 15.9 Å². The molecular formula is C21H17BrFN5. The lowest BCUT2D eigenvalue weighted by atomic mass is 9.99. The molecule has 0 atom stereocenters. The number of pyridine rings is 1. The fourth-order valence-electron chi connectivity index (χ4n) is 3.15. The van der Waals surface area contributed by atoms with Gasteiger partial charge < -0.3 is 10.6 Å². The number of hydrogen-bond donors (Lipinski definition) is 1. The van der Waals surface area contributed by atoms with Crippen LogP contribution < -0.4 is 10.6 Å². The van der Waals surface area contributed by atoms with Gasteiger partial charge in [-0.25, -0.2) is 19.3 Å². The van der Waals surface area contributed by atoms with Crippen molar-refractivity contribution in [2.45, 2.75) is 0 Å². The Balaban J connectivity index is 1.98. The summed E-state index contributed by atoms with van der Waals surface area (Å²) in [6.07, 6.45) is 1.38. The highest BCUT2D eigenvalue weighted by Gasteiger charge is 2.15. The number of nitrogens with zero attached hydrogens (tertiary/aromatic N) is 4. The number of halogens is 2. The van der Waals surface area contributed by atoms with Gasteiger partial charge in [-0.2, -0.15) is 0 Å². The second-order valence-electron chi connectivity index (χ2n) is 6.58. The Hall–Kier alpha value is -3.06. The summed E-state index contributed by atoms with van der Waals surface area (Å²) in [5.74, 6) is 0.0452. The highest BCUT2D eigenvalue weighted by Crippen LogP contribution is 2.35. The third kappa shape index (κ3) is 3.29. The minimum Gasteiger partial charge on any atom is -0.383 e. The molecule has 0 spiro atoms. The number of nitrogens with two attached hydrogens (primary N) is 1. The number of benzene rings is 2. The number of anilines is 2. The molecule has 0 saturated heterocycles. The van der Waals surface area contributed by atoms with E-state index in [1.54, 1.807) is 25.1 Å². The molecule has 0 unspecified atom stereocenters. The fourth-order valence-corrected chi connectivity index (χ4v) is 3.55. The predicted octanol–water partition coefficient (Wildman–Crippen LogP) is 4.91. The van der Waals surface area contributed by atoms with E-state index < -0.39 is 0 Å². The molecule has 0 aliphatic rings. The van der Waals surface area contributed by atoms with E-state index in [0.29, 0.717) is 33.8 Å². The van der Waals surface area contributed by atoms with Gasteiger partial charge in [0, 0.05) is 24.1 Å². The van der Waals surface area contributed by atoms with Crippen LogP contribution in [0.25, 0.3) is 33.4 Å². The molecule has 0 bridgehead atoms. The van der Waals surface area contributed by atoms with Crippen molar-refractivity contribution in [2.75, 3.05) is 24.7 Å². The molecule has 2 heterocycles. The lowest BCUT2D eigenvalue weighted by Crippen LogP contribution is -2.10. The molecular weight excluding hydrogens is 421 g/mol. The highest BCUT2D eigenvalue weighted by molar-refractivity contribution is 9.10. The summed E-state index contributed by atoms with van der Waals surface area (Å²) in [6.45, 7) is 0. The molecule has 2 aromatic carbocycles. The van der Waals surface area contributed by atoms with Gasteiger partial charge in [-0.1, -0.05) is 34.1 Å². The lowest BCUT2D eigenvalue weighted by Gasteiger charge is -2.15. The Labute approximate surface area is 170 Å². The van der Waals surface area contributed by atoms with Gasteiger partial charge in [0.05, 0.1) is 16.8 Å². The van der Waals surface area contributed by atoms with Crippen molar-refractivity contribution in [1.82, 2.24) is 15.0 Å². The number of fused-ring (bicyclic) bond motifs is 1. The predicted molar refractivity (Wildman–Crippen MR) is 115 cm³/mol. The van der Waals surface area contributed by atoms with Gasteiger partial charge in [0.15, 0.2) is 5.65 Å². The molecule has 2 N–H and O–H groups in total. The third-order valence-corrected chi connectivity index (χ3v) is 4.99. The Morgan fingerprint density at radius 2 is 1.82 bits per heavy atom. The molecule has 0 aliphatic carbocycles. The zero-order valence-corrected chi connectivity index (χ0v) is 16.9. The van der Waals surface area contributed by atoms with E-state index in [1.165, 1.54) is 12.4 Å². The van der Waals surface area contributed by atoms with E-state index in [9.17, 15) is 4.39 Å². The molecule has 5 nitrogen and oxygen atoms in total. The molecule has 0 fully saturated rings. The van der Waals surface area contributed by atoms with Crippen molar-refractivity contribution in [2.24, 2.45) is 0 Å². The standard InChI is InChI=1S/C21H17BrFN5/c1-28(2)18-7-6-13(9-16(18)23)17-10-15(12-4-3-5-14(22)8-12)19-20(24)25-11-26-21(19)27-17/h3-11H,1-2H3,(H2,24,25,26,27). The Morgan fingerprint density at radius 1 is 1.00 bits per heavy atom. The Bertz CT molecular complexity index is 1190. The second-order valence-corrected chi connectivity index (χ2v) is 7.50. The van der Waals surface area contributed by atoms with Gasteiger partial charge in [-0.3, -0.25) is 0 Å². The first-order valence-corrected chi connectivity index (χ1v) is 9.38. The molecule has 7 heteroatoms. The molecule has 0 saturated carbocycles. The van der Waals surface area contributed by atoms with Crippen LogP contribution in [0, 0.1) is 5.82 Å². The summed E-state index contributed by atoms with van der Waals surface area (Å²) in [6, 6.07) is 14.8. The van der Waals surface area contributed by atoms with Gasteiger partial charge in [0.1, 0.15) is 18.0 Å². The van der Waals surface area contributed by atoms with Crippen LogP contribution in [0.5, 0.6) is 0 Å². The van der Waals surface area contributed by atoms with Crippen LogP contribution in [0.3, 0.4) is 0 Å². The fraction of sp³-hybridized carbons (Fsp3) is 0.0952. The van der Waals surface area contributed by atoms with E-state index in [0.717, 1.165) is 15.6 Å². The van der Waals surface area contributed by atoms with Gasteiger partial charge in [-0.15, -0.1) is 0 Å². The largest absolute Gasteiger partial charge is 0.383 e. The first kappa shape index (κ1) is 18.3. The van der Waals surface area contributed by atoms with Crippen LogP contribution in [0.15, 0.2) is 59.3 Å². The maximum Gasteiger partial charge on any atom is 0.165 e. The minimum atomic E-state index is -0.310. The summed E-state index contributed by atoms with van der Waals surface area (Å²) in [5, 5.41) is 0.676. The molecule has 2 aromatic heterocycles. The number of nitrogen functional groups attached to an aromatic ring is 1. The van der Waals surface area contributed by atoms with Crippen molar-refractivity contribution >= 4 is 38.5 Å².